The Hall–Kier alpha value is -1.94. The zero-order valence-electron chi connectivity index (χ0n) is 11.6. The van der Waals surface area contributed by atoms with Gasteiger partial charge in [0.2, 0.25) is 5.95 Å². The number of aromatic amines is 1. The number of halogens is 2. The van der Waals surface area contributed by atoms with E-state index in [-0.39, 0.29) is 11.5 Å². The quantitative estimate of drug-likeness (QED) is 0.554. The van der Waals surface area contributed by atoms with Crippen molar-refractivity contribution >= 4 is 44.0 Å². The van der Waals surface area contributed by atoms with E-state index in [1.54, 1.807) is 20.3 Å². The normalized spacial score (nSPS) is 10.7. The highest BCUT2D eigenvalue weighted by Gasteiger charge is 2.15. The number of aromatic nitrogens is 3. The van der Waals surface area contributed by atoms with Gasteiger partial charge in [-0.05, 0) is 37.9 Å². The summed E-state index contributed by atoms with van der Waals surface area (Å²) in [5.41, 5.74) is 2.88. The van der Waals surface area contributed by atoms with Crippen LogP contribution in [0.4, 0.5) is 5.95 Å². The Kier molecular flexibility index (Phi) is 5.50. The van der Waals surface area contributed by atoms with Gasteiger partial charge in [0, 0.05) is 5.56 Å². The van der Waals surface area contributed by atoms with Gasteiger partial charge < -0.3 is 9.47 Å². The van der Waals surface area contributed by atoms with Gasteiger partial charge in [0.05, 0.1) is 24.9 Å². The van der Waals surface area contributed by atoms with Crippen LogP contribution >= 0.6 is 31.9 Å². The first-order chi connectivity index (χ1) is 10.6. The lowest BCUT2D eigenvalue weighted by atomic mass is 10.2. The van der Waals surface area contributed by atoms with Crippen LogP contribution in [0.15, 0.2) is 31.1 Å². The van der Waals surface area contributed by atoms with Crippen molar-refractivity contribution in [2.75, 3.05) is 19.6 Å². The predicted molar refractivity (Wildman–Crippen MR) is 88.8 cm³/mol. The number of nitrogens with one attached hydrogen (secondary N) is 2. The minimum absolute atomic E-state index is 0.134. The number of H-pyrrole nitrogens is 1. The van der Waals surface area contributed by atoms with E-state index in [0.29, 0.717) is 21.5 Å². The molecule has 1 heterocycles. The van der Waals surface area contributed by atoms with Crippen LogP contribution in [-0.4, -0.2) is 35.6 Å². The van der Waals surface area contributed by atoms with Crippen LogP contribution in [0.1, 0.15) is 5.56 Å². The Morgan fingerprint density at radius 3 is 2.68 bits per heavy atom. The van der Waals surface area contributed by atoms with E-state index in [9.17, 15) is 4.79 Å². The molecule has 2 aromatic rings. The predicted octanol–water partition coefficient (Wildman–Crippen LogP) is 2.15. The highest BCUT2D eigenvalue weighted by atomic mass is 79.9. The molecule has 0 fully saturated rings. The maximum atomic E-state index is 11.1. The zero-order chi connectivity index (χ0) is 16.1. The molecule has 0 saturated carbocycles. The lowest BCUT2D eigenvalue weighted by Crippen LogP contribution is -2.10. The number of methoxy groups -OCH3 is 2. The third-order valence-electron chi connectivity index (χ3n) is 2.52. The van der Waals surface area contributed by atoms with Gasteiger partial charge in [-0.1, -0.05) is 0 Å². The second kappa shape index (κ2) is 7.36. The second-order valence-corrected chi connectivity index (χ2v) is 5.53. The van der Waals surface area contributed by atoms with Gasteiger partial charge in [-0.25, -0.2) is 5.43 Å². The smallest absolute Gasteiger partial charge is 0.271 e. The molecular weight excluding hydrogens is 422 g/mol. The van der Waals surface area contributed by atoms with E-state index in [4.69, 9.17) is 9.47 Å². The Labute approximate surface area is 142 Å². The number of nitrogens with zero attached hydrogens (tertiary/aromatic N) is 3. The van der Waals surface area contributed by atoms with Crippen LogP contribution in [-0.2, 0) is 0 Å². The average Bonchev–Trinajstić information content (AvgIpc) is 2.48. The Bertz CT molecular complexity index is 763. The molecule has 0 unspecified atom stereocenters. The molecule has 0 aliphatic heterocycles. The maximum absolute atomic E-state index is 11.1. The van der Waals surface area contributed by atoms with E-state index < -0.39 is 0 Å². The summed E-state index contributed by atoms with van der Waals surface area (Å²) < 4.78 is 12.0. The molecule has 0 bridgehead atoms. The number of ether oxygens (including phenoxy) is 2. The maximum Gasteiger partial charge on any atom is 0.271 e. The van der Waals surface area contributed by atoms with Gasteiger partial charge >= 0.3 is 0 Å². The molecule has 0 aliphatic rings. The molecule has 0 radical (unpaired) electrons. The van der Waals surface area contributed by atoms with Crippen LogP contribution in [0, 0.1) is 0 Å². The summed E-state index contributed by atoms with van der Waals surface area (Å²) in [6, 6.07) is 1.78. The van der Waals surface area contributed by atoms with Crippen molar-refractivity contribution in [1.82, 2.24) is 15.2 Å². The van der Waals surface area contributed by atoms with Gasteiger partial charge in [0.25, 0.3) is 5.56 Å². The van der Waals surface area contributed by atoms with Crippen molar-refractivity contribution in [3.8, 4) is 11.5 Å². The lowest BCUT2D eigenvalue weighted by molar-refractivity contribution is 0.387. The average molecular weight is 433 g/mol. The second-order valence-electron chi connectivity index (χ2n) is 3.88. The zero-order valence-corrected chi connectivity index (χ0v) is 14.7. The fraction of sp³-hybridized carbons (Fsp3) is 0.167. The number of anilines is 1. The Morgan fingerprint density at radius 1 is 1.32 bits per heavy atom. The molecule has 0 spiro atoms. The molecule has 2 N–H and O–H groups in total. The molecule has 10 heteroatoms. The summed E-state index contributed by atoms with van der Waals surface area (Å²) in [5.74, 6) is 1.30. The highest BCUT2D eigenvalue weighted by molar-refractivity contribution is 9.11. The number of hydrogen-bond acceptors (Lipinski definition) is 7. The van der Waals surface area contributed by atoms with Crippen LogP contribution in [0.2, 0.25) is 0 Å². The third kappa shape index (κ3) is 3.63. The van der Waals surface area contributed by atoms with E-state index in [1.807, 2.05) is 0 Å². The number of hydrogen-bond donors (Lipinski definition) is 2. The number of rotatable bonds is 5. The van der Waals surface area contributed by atoms with Crippen molar-refractivity contribution in [2.24, 2.45) is 5.10 Å². The number of hydrazone groups is 1. The molecule has 2 rings (SSSR count). The molecule has 22 heavy (non-hydrogen) atoms. The fourth-order valence-corrected chi connectivity index (χ4v) is 3.26. The first-order valence-electron chi connectivity index (χ1n) is 5.88. The molecule has 0 aliphatic carbocycles. The van der Waals surface area contributed by atoms with Crippen LogP contribution < -0.4 is 20.5 Å². The summed E-state index contributed by atoms with van der Waals surface area (Å²) in [6.07, 6.45) is 2.58. The highest BCUT2D eigenvalue weighted by Crippen LogP contribution is 2.42. The van der Waals surface area contributed by atoms with Crippen molar-refractivity contribution in [2.45, 2.75) is 0 Å². The number of benzene rings is 1. The largest absolute Gasteiger partial charge is 0.495 e. The summed E-state index contributed by atoms with van der Waals surface area (Å²) >= 11 is 6.82. The summed E-state index contributed by atoms with van der Waals surface area (Å²) in [7, 11) is 3.10. The van der Waals surface area contributed by atoms with Gasteiger partial charge in [-0.2, -0.15) is 5.10 Å². The molecule has 0 saturated heterocycles. The molecule has 8 nitrogen and oxygen atoms in total. The van der Waals surface area contributed by atoms with Crippen LogP contribution in [0.3, 0.4) is 0 Å². The van der Waals surface area contributed by atoms with Gasteiger partial charge in [0.15, 0.2) is 5.75 Å². The summed E-state index contributed by atoms with van der Waals surface area (Å²) in [6.45, 7) is 0. The topological polar surface area (TPSA) is 101 Å². The summed E-state index contributed by atoms with van der Waals surface area (Å²) in [4.78, 5) is 13.5. The van der Waals surface area contributed by atoms with Gasteiger partial charge in [-0.3, -0.25) is 9.78 Å². The molecular formula is C12H11Br2N5O3. The molecule has 0 atom stereocenters. The molecule has 0 amide bonds. The molecule has 1 aromatic heterocycles. The first-order valence-corrected chi connectivity index (χ1v) is 7.46. The fourth-order valence-electron chi connectivity index (χ4n) is 1.62. The van der Waals surface area contributed by atoms with Crippen molar-refractivity contribution < 1.29 is 9.47 Å². The van der Waals surface area contributed by atoms with Crippen molar-refractivity contribution in [1.29, 1.82) is 0 Å². The monoisotopic (exact) mass is 431 g/mol. The third-order valence-corrected chi connectivity index (χ3v) is 3.83. The lowest BCUT2D eigenvalue weighted by Gasteiger charge is -2.12. The minimum atomic E-state index is -0.375. The van der Waals surface area contributed by atoms with Gasteiger partial charge in [0.1, 0.15) is 16.4 Å². The van der Waals surface area contributed by atoms with E-state index >= 15 is 0 Å². The van der Waals surface area contributed by atoms with Gasteiger partial charge in [-0.15, -0.1) is 10.2 Å². The SMILES string of the molecule is COc1c(Br)cc(/C=N/Nc2nncc(=O)[nH]2)c(OC)c1Br. The van der Waals surface area contributed by atoms with E-state index in [1.165, 1.54) is 6.21 Å². The standard InChI is InChI=1S/C12H11Br2N5O3/c1-21-10-6(3-7(13)11(22-2)9(10)14)4-15-18-12-17-8(20)5-16-19-12/h3-5H,1-2H3,(H2,17,18,19,20)/b15-4+. The first kappa shape index (κ1) is 16.4. The van der Waals surface area contributed by atoms with Crippen molar-refractivity contribution in [3.63, 3.8) is 0 Å². The van der Waals surface area contributed by atoms with E-state index in [2.05, 4.69) is 57.6 Å². The van der Waals surface area contributed by atoms with Crippen LogP contribution in [0.5, 0.6) is 11.5 Å². The molecule has 1 aromatic carbocycles. The Morgan fingerprint density at radius 2 is 2.05 bits per heavy atom. The summed E-state index contributed by atoms with van der Waals surface area (Å²) in [5, 5.41) is 11.2. The van der Waals surface area contributed by atoms with Crippen molar-refractivity contribution in [3.05, 3.63) is 37.1 Å². The molecule has 116 valence electrons. The van der Waals surface area contributed by atoms with E-state index in [0.717, 1.165) is 10.7 Å². The minimum Gasteiger partial charge on any atom is -0.495 e. The van der Waals surface area contributed by atoms with Crippen LogP contribution in [0.25, 0.3) is 0 Å². The Balaban J connectivity index is 2.29.